The fourth-order valence-electron chi connectivity index (χ4n) is 1.35. The van der Waals surface area contributed by atoms with Gasteiger partial charge >= 0.3 is 0 Å². The quantitative estimate of drug-likeness (QED) is 0.790. The van der Waals surface area contributed by atoms with Crippen LogP contribution in [0.5, 0.6) is 0 Å². The van der Waals surface area contributed by atoms with Gasteiger partial charge in [0.15, 0.2) is 0 Å². The Kier molecular flexibility index (Phi) is 4.48. The van der Waals surface area contributed by atoms with Crippen molar-refractivity contribution in [1.29, 1.82) is 5.26 Å². The molecule has 1 aromatic rings. The lowest BCUT2D eigenvalue weighted by Crippen LogP contribution is -2.31. The minimum Gasteiger partial charge on any atom is -0.396 e. The van der Waals surface area contributed by atoms with E-state index in [2.05, 4.69) is 11.4 Å². The molecule has 0 unspecified atom stereocenters. The van der Waals surface area contributed by atoms with Crippen LogP contribution in [0, 0.1) is 16.7 Å². The van der Waals surface area contributed by atoms with E-state index < -0.39 is 0 Å². The molecule has 0 saturated carbocycles. The zero-order valence-electron chi connectivity index (χ0n) is 9.83. The summed E-state index contributed by atoms with van der Waals surface area (Å²) in [6.45, 7) is 5.65. The van der Waals surface area contributed by atoms with E-state index in [0.29, 0.717) is 5.56 Å². The summed E-state index contributed by atoms with van der Waals surface area (Å²) >= 11 is 0. The highest BCUT2D eigenvalue weighted by Gasteiger charge is 2.15. The van der Waals surface area contributed by atoms with Gasteiger partial charge < -0.3 is 10.4 Å². The van der Waals surface area contributed by atoms with Gasteiger partial charge in [-0.15, -0.1) is 0 Å². The van der Waals surface area contributed by atoms with E-state index in [-0.39, 0.29) is 12.0 Å². The zero-order valence-corrected chi connectivity index (χ0v) is 9.83. The van der Waals surface area contributed by atoms with Crippen LogP contribution >= 0.6 is 0 Å². The summed E-state index contributed by atoms with van der Waals surface area (Å²) < 4.78 is 0. The van der Waals surface area contributed by atoms with Crippen LogP contribution in [0.1, 0.15) is 25.0 Å². The van der Waals surface area contributed by atoms with Gasteiger partial charge in [-0.25, -0.2) is 0 Å². The van der Waals surface area contributed by atoms with E-state index in [9.17, 15) is 0 Å². The second-order valence-electron chi connectivity index (χ2n) is 4.74. The summed E-state index contributed by atoms with van der Waals surface area (Å²) in [5.41, 5.74) is 1.67. The van der Waals surface area contributed by atoms with Crippen molar-refractivity contribution >= 4 is 0 Å². The average Bonchev–Trinajstić information content (AvgIpc) is 2.29. The van der Waals surface area contributed by atoms with Gasteiger partial charge in [-0.05, 0) is 17.7 Å². The Balaban J connectivity index is 2.46. The lowest BCUT2D eigenvalue weighted by molar-refractivity contribution is 0.156. The number of benzene rings is 1. The number of nitrogens with one attached hydrogen (secondary N) is 1. The molecule has 0 fully saturated rings. The third kappa shape index (κ3) is 4.01. The minimum absolute atomic E-state index is 0.104. The van der Waals surface area contributed by atoms with Crippen molar-refractivity contribution in [3.8, 4) is 6.07 Å². The number of nitriles is 1. The first-order valence-electron chi connectivity index (χ1n) is 5.38. The zero-order chi connectivity index (χ0) is 12.0. The predicted octanol–water partition coefficient (Wildman–Crippen LogP) is 1.67. The van der Waals surface area contributed by atoms with Crippen LogP contribution in [0.25, 0.3) is 0 Å². The third-order valence-corrected chi connectivity index (χ3v) is 2.42. The molecule has 0 aliphatic rings. The molecule has 16 heavy (non-hydrogen) atoms. The fraction of sp³-hybridized carbons (Fsp3) is 0.462. The molecular weight excluding hydrogens is 200 g/mol. The maximum atomic E-state index is 9.09. The van der Waals surface area contributed by atoms with Gasteiger partial charge in [0, 0.05) is 25.1 Å². The van der Waals surface area contributed by atoms with E-state index in [1.54, 1.807) is 6.07 Å². The summed E-state index contributed by atoms with van der Waals surface area (Å²) in [6.07, 6.45) is 0. The number of hydrogen-bond donors (Lipinski definition) is 2. The molecule has 0 radical (unpaired) electrons. The summed E-state index contributed by atoms with van der Waals surface area (Å²) in [7, 11) is 0. The molecule has 1 rings (SSSR count). The molecule has 0 aliphatic carbocycles. The van der Waals surface area contributed by atoms with Crippen molar-refractivity contribution in [2.24, 2.45) is 5.41 Å². The lowest BCUT2D eigenvalue weighted by Gasteiger charge is -2.21. The smallest absolute Gasteiger partial charge is 0.0991 e. The number of nitrogens with zero attached hydrogens (tertiary/aromatic N) is 1. The Labute approximate surface area is 96.7 Å². The van der Waals surface area contributed by atoms with Gasteiger partial charge in [-0.3, -0.25) is 0 Å². The number of aliphatic hydroxyl groups is 1. The summed E-state index contributed by atoms with van der Waals surface area (Å²) in [5.74, 6) is 0. The molecule has 0 bridgehead atoms. The molecule has 0 saturated heterocycles. The predicted molar refractivity (Wildman–Crippen MR) is 63.7 cm³/mol. The van der Waals surface area contributed by atoms with E-state index in [0.717, 1.165) is 18.7 Å². The fourth-order valence-corrected chi connectivity index (χ4v) is 1.35. The van der Waals surface area contributed by atoms with Gasteiger partial charge in [0.25, 0.3) is 0 Å². The number of hydrogen-bond acceptors (Lipinski definition) is 3. The van der Waals surface area contributed by atoms with E-state index in [1.165, 1.54) is 0 Å². The van der Waals surface area contributed by atoms with Crippen molar-refractivity contribution in [3.63, 3.8) is 0 Å². The van der Waals surface area contributed by atoms with Crippen LogP contribution < -0.4 is 5.32 Å². The van der Waals surface area contributed by atoms with E-state index >= 15 is 0 Å². The third-order valence-electron chi connectivity index (χ3n) is 2.42. The maximum absolute atomic E-state index is 9.09. The highest BCUT2D eigenvalue weighted by Crippen LogP contribution is 2.12. The molecule has 3 nitrogen and oxygen atoms in total. The molecule has 2 N–H and O–H groups in total. The van der Waals surface area contributed by atoms with Crippen molar-refractivity contribution in [1.82, 2.24) is 5.32 Å². The van der Waals surface area contributed by atoms with Gasteiger partial charge in [0.1, 0.15) is 0 Å². The number of aliphatic hydroxyl groups excluding tert-OH is 1. The van der Waals surface area contributed by atoms with Crippen LogP contribution in [0.3, 0.4) is 0 Å². The Morgan fingerprint density at radius 2 is 2.19 bits per heavy atom. The van der Waals surface area contributed by atoms with Crippen LogP contribution in [0.4, 0.5) is 0 Å². The summed E-state index contributed by atoms with van der Waals surface area (Å²) in [5, 5.41) is 21.1. The van der Waals surface area contributed by atoms with Crippen molar-refractivity contribution in [2.75, 3.05) is 13.2 Å². The van der Waals surface area contributed by atoms with E-state index in [4.69, 9.17) is 10.4 Å². The lowest BCUT2D eigenvalue weighted by atomic mass is 9.95. The van der Waals surface area contributed by atoms with Gasteiger partial charge in [-0.1, -0.05) is 26.0 Å². The molecule has 0 atom stereocenters. The van der Waals surface area contributed by atoms with Crippen LogP contribution in [-0.4, -0.2) is 18.3 Å². The molecule has 0 aromatic heterocycles. The first kappa shape index (κ1) is 12.7. The van der Waals surface area contributed by atoms with Crippen molar-refractivity contribution in [3.05, 3.63) is 35.4 Å². The second kappa shape index (κ2) is 5.64. The molecule has 3 heteroatoms. The molecule has 0 spiro atoms. The topological polar surface area (TPSA) is 56.0 Å². The monoisotopic (exact) mass is 218 g/mol. The van der Waals surface area contributed by atoms with Crippen LogP contribution in [-0.2, 0) is 6.54 Å². The molecular formula is C13H18N2O. The van der Waals surface area contributed by atoms with Gasteiger partial charge in [0.2, 0.25) is 0 Å². The molecule has 0 aliphatic heterocycles. The SMILES string of the molecule is CC(C)(CO)CNCc1cccc(C#N)c1. The molecule has 1 aromatic carbocycles. The average molecular weight is 218 g/mol. The first-order chi connectivity index (χ1) is 7.57. The van der Waals surface area contributed by atoms with Gasteiger partial charge in [0.05, 0.1) is 11.6 Å². The summed E-state index contributed by atoms with van der Waals surface area (Å²) in [4.78, 5) is 0. The maximum Gasteiger partial charge on any atom is 0.0991 e. The molecule has 0 amide bonds. The van der Waals surface area contributed by atoms with Crippen molar-refractivity contribution < 1.29 is 5.11 Å². The van der Waals surface area contributed by atoms with Crippen molar-refractivity contribution in [2.45, 2.75) is 20.4 Å². The Morgan fingerprint density at radius 3 is 2.81 bits per heavy atom. The Hall–Kier alpha value is -1.37. The minimum atomic E-state index is -0.104. The largest absolute Gasteiger partial charge is 0.396 e. The highest BCUT2D eigenvalue weighted by molar-refractivity contribution is 5.32. The Morgan fingerprint density at radius 1 is 1.44 bits per heavy atom. The second-order valence-corrected chi connectivity index (χ2v) is 4.74. The molecule has 86 valence electrons. The van der Waals surface area contributed by atoms with Crippen LogP contribution in [0.15, 0.2) is 24.3 Å². The summed E-state index contributed by atoms with van der Waals surface area (Å²) in [6, 6.07) is 9.65. The highest BCUT2D eigenvalue weighted by atomic mass is 16.3. The molecule has 0 heterocycles. The Bertz CT molecular complexity index is 380. The van der Waals surface area contributed by atoms with E-state index in [1.807, 2.05) is 32.0 Å². The van der Waals surface area contributed by atoms with Crippen LogP contribution in [0.2, 0.25) is 0 Å². The van der Waals surface area contributed by atoms with Gasteiger partial charge in [-0.2, -0.15) is 5.26 Å². The number of rotatable bonds is 5. The standard InChI is InChI=1S/C13H18N2O/c1-13(2,10-16)9-15-8-12-5-3-4-11(6-12)7-14/h3-6,15-16H,8-10H2,1-2H3. The first-order valence-corrected chi connectivity index (χ1v) is 5.38. The normalized spacial score (nSPS) is 11.1.